The topological polar surface area (TPSA) is 57.2 Å². The Labute approximate surface area is 113 Å². The second kappa shape index (κ2) is 5.27. The molecular formula is C14H20O5. The molecule has 1 aliphatic heterocycles. The van der Waals surface area contributed by atoms with Crippen LogP contribution in [0.1, 0.15) is 37.2 Å². The predicted molar refractivity (Wildman–Crippen MR) is 70.0 cm³/mol. The van der Waals surface area contributed by atoms with Crippen LogP contribution in [0.15, 0.2) is 6.07 Å². The van der Waals surface area contributed by atoms with Crippen molar-refractivity contribution in [2.45, 2.75) is 32.2 Å². The minimum Gasteiger partial charge on any atom is -0.496 e. The molecular weight excluding hydrogens is 248 g/mol. The Balaban J connectivity index is 2.74. The molecule has 0 spiro atoms. The maximum absolute atomic E-state index is 10.4. The zero-order valence-corrected chi connectivity index (χ0v) is 11.9. The minimum absolute atomic E-state index is 0.178. The third-order valence-corrected chi connectivity index (χ3v) is 3.50. The van der Waals surface area contributed by atoms with E-state index in [0.29, 0.717) is 22.8 Å². The van der Waals surface area contributed by atoms with Crippen LogP contribution < -0.4 is 14.2 Å². The van der Waals surface area contributed by atoms with E-state index in [9.17, 15) is 5.11 Å². The second-order valence-corrected chi connectivity index (χ2v) is 4.57. The number of methoxy groups -OCH3 is 3. The molecule has 0 aromatic heterocycles. The summed E-state index contributed by atoms with van der Waals surface area (Å²) in [5.74, 6) is 1.71. The molecule has 0 saturated carbocycles. The third kappa shape index (κ3) is 2.13. The zero-order valence-electron chi connectivity index (χ0n) is 11.9. The lowest BCUT2D eigenvalue weighted by Gasteiger charge is -2.35. The molecule has 0 fully saturated rings. The van der Waals surface area contributed by atoms with E-state index in [4.69, 9.17) is 18.9 Å². The van der Waals surface area contributed by atoms with Gasteiger partial charge in [-0.25, -0.2) is 0 Å². The molecule has 1 aliphatic rings. The molecule has 1 N–H and O–H groups in total. The van der Waals surface area contributed by atoms with Crippen LogP contribution in [0.3, 0.4) is 0 Å². The van der Waals surface area contributed by atoms with Gasteiger partial charge in [-0.05, 0) is 13.8 Å². The Morgan fingerprint density at radius 1 is 1.00 bits per heavy atom. The molecule has 0 radical (unpaired) electrons. The van der Waals surface area contributed by atoms with Crippen LogP contribution in [0.5, 0.6) is 17.2 Å². The quantitative estimate of drug-likeness (QED) is 0.911. The van der Waals surface area contributed by atoms with Gasteiger partial charge in [0.25, 0.3) is 0 Å². The number of hydrogen-bond donors (Lipinski definition) is 1. The van der Waals surface area contributed by atoms with Gasteiger partial charge in [-0.15, -0.1) is 0 Å². The average Bonchev–Trinajstić information content (AvgIpc) is 2.42. The number of benzene rings is 1. The molecule has 0 unspecified atom stereocenters. The van der Waals surface area contributed by atoms with E-state index in [-0.39, 0.29) is 12.2 Å². The van der Waals surface area contributed by atoms with E-state index in [1.807, 2.05) is 13.8 Å². The standard InChI is InChI=1S/C14H20O5/c1-7-11-9(16-3)6-10(17-4)14(18-5)12(11)13(15)8(2)19-7/h6-8,13,15H,1-5H3/t7-,8+,13-/m1/s1. The maximum atomic E-state index is 10.4. The Bertz CT molecular complexity index is 471. The van der Waals surface area contributed by atoms with Gasteiger partial charge in [0.1, 0.15) is 11.9 Å². The van der Waals surface area contributed by atoms with Gasteiger partial charge in [-0.2, -0.15) is 0 Å². The lowest BCUT2D eigenvalue weighted by Crippen LogP contribution is -2.28. The van der Waals surface area contributed by atoms with Gasteiger partial charge in [0.15, 0.2) is 11.5 Å². The summed E-state index contributed by atoms with van der Waals surface area (Å²) in [4.78, 5) is 0. The molecule has 1 aromatic carbocycles. The highest BCUT2D eigenvalue weighted by molar-refractivity contribution is 5.59. The highest BCUT2D eigenvalue weighted by atomic mass is 16.5. The SMILES string of the molecule is COc1cc(OC)c2c(c1OC)[C@H](O)[C@H](C)O[C@@H]2C. The summed E-state index contributed by atoms with van der Waals surface area (Å²) in [5.41, 5.74) is 1.50. The Kier molecular flexibility index (Phi) is 3.87. The van der Waals surface area contributed by atoms with Crippen LogP contribution in [0, 0.1) is 0 Å². The van der Waals surface area contributed by atoms with Crippen LogP contribution >= 0.6 is 0 Å². The van der Waals surface area contributed by atoms with Crippen molar-refractivity contribution in [1.29, 1.82) is 0 Å². The van der Waals surface area contributed by atoms with Crippen LogP contribution in [-0.4, -0.2) is 32.5 Å². The highest BCUT2D eigenvalue weighted by Crippen LogP contribution is 2.49. The van der Waals surface area contributed by atoms with Crippen molar-refractivity contribution in [2.24, 2.45) is 0 Å². The molecule has 5 heteroatoms. The van der Waals surface area contributed by atoms with Crippen LogP contribution in [0.4, 0.5) is 0 Å². The highest BCUT2D eigenvalue weighted by Gasteiger charge is 2.36. The number of aliphatic hydroxyl groups is 1. The molecule has 5 nitrogen and oxygen atoms in total. The molecule has 3 atom stereocenters. The van der Waals surface area contributed by atoms with Gasteiger partial charge in [0.05, 0.1) is 33.5 Å². The largest absolute Gasteiger partial charge is 0.496 e. The summed E-state index contributed by atoms with van der Waals surface area (Å²) in [5, 5.41) is 10.4. The molecule has 1 heterocycles. The van der Waals surface area contributed by atoms with Crippen molar-refractivity contribution < 1.29 is 24.1 Å². The predicted octanol–water partition coefficient (Wildman–Crippen LogP) is 2.23. The summed E-state index contributed by atoms with van der Waals surface area (Å²) < 4.78 is 21.8. The van der Waals surface area contributed by atoms with Gasteiger partial charge >= 0.3 is 0 Å². The molecule has 19 heavy (non-hydrogen) atoms. The van der Waals surface area contributed by atoms with Gasteiger partial charge < -0.3 is 24.1 Å². The fraction of sp³-hybridized carbons (Fsp3) is 0.571. The molecule has 0 bridgehead atoms. The van der Waals surface area contributed by atoms with Crippen LogP contribution in [0.25, 0.3) is 0 Å². The van der Waals surface area contributed by atoms with Crippen molar-refractivity contribution in [3.8, 4) is 17.2 Å². The van der Waals surface area contributed by atoms with Gasteiger partial charge in [-0.3, -0.25) is 0 Å². The zero-order chi connectivity index (χ0) is 14.2. The molecule has 106 valence electrons. The Morgan fingerprint density at radius 3 is 2.16 bits per heavy atom. The first kappa shape index (κ1) is 14.0. The monoisotopic (exact) mass is 268 g/mol. The Hall–Kier alpha value is -1.46. The van der Waals surface area contributed by atoms with Crippen LogP contribution in [-0.2, 0) is 4.74 Å². The molecule has 0 saturated heterocycles. The first-order valence-electron chi connectivity index (χ1n) is 6.21. The Morgan fingerprint density at radius 2 is 1.63 bits per heavy atom. The van der Waals surface area contributed by atoms with E-state index in [2.05, 4.69) is 0 Å². The van der Waals surface area contributed by atoms with Crippen molar-refractivity contribution in [1.82, 2.24) is 0 Å². The first-order valence-corrected chi connectivity index (χ1v) is 6.21. The van der Waals surface area contributed by atoms with Crippen molar-refractivity contribution in [3.63, 3.8) is 0 Å². The third-order valence-electron chi connectivity index (χ3n) is 3.50. The summed E-state index contributed by atoms with van der Waals surface area (Å²) in [6.07, 6.45) is -1.26. The summed E-state index contributed by atoms with van der Waals surface area (Å²) in [7, 11) is 4.70. The normalized spacial score (nSPS) is 25.7. The number of rotatable bonds is 3. The summed E-state index contributed by atoms with van der Waals surface area (Å²) in [6, 6.07) is 1.75. The number of ether oxygens (including phenoxy) is 4. The summed E-state index contributed by atoms with van der Waals surface area (Å²) >= 11 is 0. The number of hydrogen-bond acceptors (Lipinski definition) is 5. The molecule has 0 amide bonds. The fourth-order valence-electron chi connectivity index (χ4n) is 2.59. The van der Waals surface area contributed by atoms with Gasteiger partial charge in [-0.1, -0.05) is 0 Å². The summed E-state index contributed by atoms with van der Waals surface area (Å²) in [6.45, 7) is 3.76. The molecule has 2 rings (SSSR count). The van der Waals surface area contributed by atoms with Crippen molar-refractivity contribution >= 4 is 0 Å². The first-order chi connectivity index (χ1) is 9.04. The number of fused-ring (bicyclic) bond motifs is 1. The van der Waals surface area contributed by atoms with E-state index in [1.165, 1.54) is 0 Å². The number of aliphatic hydroxyl groups excluding tert-OH is 1. The van der Waals surface area contributed by atoms with Crippen molar-refractivity contribution in [3.05, 3.63) is 17.2 Å². The second-order valence-electron chi connectivity index (χ2n) is 4.57. The van der Waals surface area contributed by atoms with E-state index in [0.717, 1.165) is 5.56 Å². The smallest absolute Gasteiger partial charge is 0.167 e. The molecule has 0 aliphatic carbocycles. The van der Waals surface area contributed by atoms with E-state index in [1.54, 1.807) is 27.4 Å². The lowest BCUT2D eigenvalue weighted by atomic mass is 9.90. The van der Waals surface area contributed by atoms with Gasteiger partial charge in [0, 0.05) is 17.2 Å². The minimum atomic E-state index is -0.773. The lowest BCUT2D eigenvalue weighted by molar-refractivity contribution is -0.0826. The maximum Gasteiger partial charge on any atom is 0.167 e. The van der Waals surface area contributed by atoms with Crippen LogP contribution in [0.2, 0.25) is 0 Å². The molecule has 1 aromatic rings. The average molecular weight is 268 g/mol. The van der Waals surface area contributed by atoms with E-state index >= 15 is 0 Å². The fourth-order valence-corrected chi connectivity index (χ4v) is 2.59. The van der Waals surface area contributed by atoms with Crippen molar-refractivity contribution in [2.75, 3.05) is 21.3 Å². The van der Waals surface area contributed by atoms with Gasteiger partial charge in [0.2, 0.25) is 0 Å². The van der Waals surface area contributed by atoms with E-state index < -0.39 is 6.10 Å².